The SMILES string of the molecule is OCC[C@H]1O[C@H](C#Cc2ccc3c(c2)C(F)(F)c2cc(C#C[C@H]4O[C@H](CO)[C@@H](O)[C@H](O)[C@@H]4O)ccc2-3)[C@@H](O)[C@@H](O)[C@@H]1O. The molecule has 224 valence electrons. The van der Waals surface area contributed by atoms with Gasteiger partial charge in [-0.3, -0.25) is 0 Å². The highest BCUT2D eigenvalue weighted by molar-refractivity contribution is 5.80. The molecule has 10 nitrogen and oxygen atoms in total. The fraction of sp³-hybridized carbons (Fsp3) is 0.467. The van der Waals surface area contributed by atoms with E-state index in [0.717, 1.165) is 0 Å². The Kier molecular flexibility index (Phi) is 8.67. The Morgan fingerprint density at radius 3 is 1.55 bits per heavy atom. The van der Waals surface area contributed by atoms with Crippen molar-refractivity contribution in [3.63, 3.8) is 0 Å². The van der Waals surface area contributed by atoms with Gasteiger partial charge in [-0.25, -0.2) is 0 Å². The summed E-state index contributed by atoms with van der Waals surface area (Å²) in [6.07, 6.45) is -13.9. The van der Waals surface area contributed by atoms with Crippen molar-refractivity contribution >= 4 is 0 Å². The van der Waals surface area contributed by atoms with Crippen molar-refractivity contribution in [2.75, 3.05) is 13.2 Å². The standard InChI is InChI=1S/C30H30F2O10/c31-30(32)18-11-14(3-7-20-24(35)28(39)26(37)22(41-20)9-10-33)1-5-16(18)17-6-2-15(12-19(17)30)4-8-21-25(36)29(40)27(38)23(13-34)42-21/h1-2,5-6,11-12,20-29,33-40H,9-10,13H2/t20-,21-,22-,23-,24-,25-,26-,27-,28-,29-/m1/s1. The molecule has 42 heavy (non-hydrogen) atoms. The molecule has 0 unspecified atom stereocenters. The van der Waals surface area contributed by atoms with E-state index in [9.17, 15) is 35.7 Å². The van der Waals surface area contributed by atoms with Crippen molar-refractivity contribution in [3.05, 3.63) is 58.7 Å². The van der Waals surface area contributed by atoms with Crippen LogP contribution in [0.15, 0.2) is 36.4 Å². The van der Waals surface area contributed by atoms with Crippen LogP contribution in [0.1, 0.15) is 28.7 Å². The minimum absolute atomic E-state index is 0.00133. The largest absolute Gasteiger partial charge is 0.396 e. The number of fused-ring (bicyclic) bond motifs is 3. The van der Waals surface area contributed by atoms with Crippen molar-refractivity contribution in [1.29, 1.82) is 0 Å². The number of ether oxygens (including phenoxy) is 2. The van der Waals surface area contributed by atoms with Gasteiger partial charge in [-0.1, -0.05) is 35.8 Å². The lowest BCUT2D eigenvalue weighted by atomic mass is 9.93. The predicted octanol–water partition coefficient (Wildman–Crippen LogP) is -1.42. The van der Waals surface area contributed by atoms with Crippen molar-refractivity contribution in [2.24, 2.45) is 0 Å². The molecule has 2 heterocycles. The normalized spacial score (nSPS) is 34.8. The first-order valence-electron chi connectivity index (χ1n) is 13.3. The average Bonchev–Trinajstić information content (AvgIpc) is 3.20. The maximum absolute atomic E-state index is 15.6. The summed E-state index contributed by atoms with van der Waals surface area (Å²) in [7, 11) is 0. The summed E-state index contributed by atoms with van der Waals surface area (Å²) < 4.78 is 42.1. The molecule has 5 rings (SSSR count). The molecule has 2 aliphatic heterocycles. The van der Waals surface area contributed by atoms with Crippen LogP contribution in [-0.2, 0) is 15.4 Å². The number of aliphatic hydroxyl groups is 8. The van der Waals surface area contributed by atoms with Crippen LogP contribution in [0.3, 0.4) is 0 Å². The summed E-state index contributed by atoms with van der Waals surface area (Å²) in [6.45, 7) is -0.950. The van der Waals surface area contributed by atoms with E-state index < -0.39 is 73.6 Å². The smallest absolute Gasteiger partial charge is 0.299 e. The number of benzene rings is 2. The molecule has 0 amide bonds. The van der Waals surface area contributed by atoms with Crippen LogP contribution in [0.2, 0.25) is 0 Å². The van der Waals surface area contributed by atoms with Crippen LogP contribution >= 0.6 is 0 Å². The Labute approximate surface area is 239 Å². The van der Waals surface area contributed by atoms with Crippen molar-refractivity contribution in [1.82, 2.24) is 0 Å². The fourth-order valence-corrected chi connectivity index (χ4v) is 5.34. The zero-order valence-corrected chi connectivity index (χ0v) is 22.0. The molecule has 2 aromatic rings. The van der Waals surface area contributed by atoms with Gasteiger partial charge in [0.25, 0.3) is 5.92 Å². The van der Waals surface area contributed by atoms with E-state index in [4.69, 9.17) is 14.6 Å². The van der Waals surface area contributed by atoms with Crippen molar-refractivity contribution < 1.29 is 59.1 Å². The van der Waals surface area contributed by atoms with Gasteiger partial charge >= 0.3 is 0 Å². The Morgan fingerprint density at radius 2 is 1.10 bits per heavy atom. The number of hydrogen-bond acceptors (Lipinski definition) is 10. The lowest BCUT2D eigenvalue weighted by molar-refractivity contribution is -0.214. The van der Waals surface area contributed by atoms with Crippen LogP contribution in [0.5, 0.6) is 0 Å². The van der Waals surface area contributed by atoms with Gasteiger partial charge in [-0.2, -0.15) is 8.78 Å². The second-order valence-electron chi connectivity index (χ2n) is 10.5. The minimum Gasteiger partial charge on any atom is -0.396 e. The topological polar surface area (TPSA) is 180 Å². The molecule has 8 N–H and O–H groups in total. The molecular weight excluding hydrogens is 558 g/mol. The predicted molar refractivity (Wildman–Crippen MR) is 141 cm³/mol. The molecule has 0 saturated carbocycles. The van der Waals surface area contributed by atoms with Crippen LogP contribution in [0, 0.1) is 23.7 Å². The fourth-order valence-electron chi connectivity index (χ4n) is 5.34. The van der Waals surface area contributed by atoms with Gasteiger partial charge in [0.05, 0.1) is 12.7 Å². The molecule has 0 bridgehead atoms. The number of alkyl halides is 2. The molecule has 2 saturated heterocycles. The quantitative estimate of drug-likeness (QED) is 0.199. The Balaban J connectivity index is 1.38. The van der Waals surface area contributed by atoms with E-state index >= 15 is 8.78 Å². The molecule has 10 atom stereocenters. The van der Waals surface area contributed by atoms with Crippen LogP contribution in [0.4, 0.5) is 8.78 Å². The Bertz CT molecular complexity index is 1440. The van der Waals surface area contributed by atoms with Gasteiger partial charge < -0.3 is 50.3 Å². The maximum atomic E-state index is 15.6. The average molecular weight is 589 g/mol. The summed E-state index contributed by atoms with van der Waals surface area (Å²) in [4.78, 5) is 0. The monoisotopic (exact) mass is 588 g/mol. The Hall–Kier alpha value is -2.98. The Morgan fingerprint density at radius 1 is 0.643 bits per heavy atom. The van der Waals surface area contributed by atoms with E-state index in [1.54, 1.807) is 0 Å². The number of aliphatic hydroxyl groups excluding tert-OH is 8. The molecule has 0 spiro atoms. The number of rotatable bonds is 3. The van der Waals surface area contributed by atoms with Gasteiger partial charge in [0.1, 0.15) is 54.9 Å². The van der Waals surface area contributed by atoms with E-state index in [1.807, 2.05) is 0 Å². The van der Waals surface area contributed by atoms with Crippen LogP contribution in [-0.4, -0.2) is 115 Å². The zero-order valence-electron chi connectivity index (χ0n) is 22.0. The van der Waals surface area contributed by atoms with Gasteiger partial charge in [0.2, 0.25) is 0 Å². The van der Waals surface area contributed by atoms with Crippen molar-refractivity contribution in [3.8, 4) is 34.8 Å². The van der Waals surface area contributed by atoms with Crippen LogP contribution in [0.25, 0.3) is 11.1 Å². The minimum atomic E-state index is -3.42. The van der Waals surface area contributed by atoms with Gasteiger partial charge in [0.15, 0.2) is 0 Å². The summed E-state index contributed by atoms with van der Waals surface area (Å²) in [5, 5.41) is 78.9. The van der Waals surface area contributed by atoms with E-state index in [-0.39, 0.29) is 46.4 Å². The zero-order chi connectivity index (χ0) is 30.3. The lowest BCUT2D eigenvalue weighted by Gasteiger charge is -2.38. The van der Waals surface area contributed by atoms with E-state index in [1.165, 1.54) is 36.4 Å². The molecular formula is C30H30F2O10. The number of halogens is 2. The van der Waals surface area contributed by atoms with Crippen molar-refractivity contribution in [2.45, 2.75) is 73.4 Å². The molecule has 0 aromatic heterocycles. The first-order valence-corrected chi connectivity index (χ1v) is 13.3. The van der Waals surface area contributed by atoms with Gasteiger partial charge in [-0.05, 0) is 41.8 Å². The highest BCUT2D eigenvalue weighted by atomic mass is 19.3. The summed E-state index contributed by atoms with van der Waals surface area (Å²) >= 11 is 0. The highest BCUT2D eigenvalue weighted by Crippen LogP contribution is 2.51. The van der Waals surface area contributed by atoms with Gasteiger partial charge in [-0.15, -0.1) is 0 Å². The molecule has 12 heteroatoms. The second kappa shape index (κ2) is 12.0. The second-order valence-corrected chi connectivity index (χ2v) is 10.5. The molecule has 0 radical (unpaired) electrons. The third-order valence-corrected chi connectivity index (χ3v) is 7.74. The first kappa shape index (κ1) is 30.5. The van der Waals surface area contributed by atoms with E-state index in [2.05, 4.69) is 23.7 Å². The number of hydrogen-bond donors (Lipinski definition) is 8. The van der Waals surface area contributed by atoms with E-state index in [0.29, 0.717) is 0 Å². The maximum Gasteiger partial charge on any atom is 0.299 e. The molecule has 3 aliphatic rings. The first-order chi connectivity index (χ1) is 20.0. The summed E-state index contributed by atoms with van der Waals surface area (Å²) in [5.41, 5.74) is 0.325. The molecule has 1 aliphatic carbocycles. The summed E-state index contributed by atoms with van der Waals surface area (Å²) in [6, 6.07) is 8.43. The van der Waals surface area contributed by atoms with Gasteiger partial charge in [0, 0.05) is 28.9 Å². The highest BCUT2D eigenvalue weighted by Gasteiger charge is 2.46. The third-order valence-electron chi connectivity index (χ3n) is 7.74. The third kappa shape index (κ3) is 5.43. The summed E-state index contributed by atoms with van der Waals surface area (Å²) in [5.74, 6) is 7.11. The molecule has 2 fully saturated rings. The lowest BCUT2D eigenvalue weighted by Crippen LogP contribution is -2.58. The molecule has 2 aromatic carbocycles. The van der Waals surface area contributed by atoms with Crippen LogP contribution < -0.4 is 0 Å².